The van der Waals surface area contributed by atoms with Crippen LogP contribution in [0, 0.1) is 13.8 Å². The lowest BCUT2D eigenvalue weighted by Crippen LogP contribution is -2.33. The van der Waals surface area contributed by atoms with Gasteiger partial charge in [0.25, 0.3) is 5.56 Å². The Labute approximate surface area is 244 Å². The number of ether oxygens (including phenoxy) is 3. The fourth-order valence-electron chi connectivity index (χ4n) is 4.90. The van der Waals surface area contributed by atoms with E-state index in [2.05, 4.69) is 4.98 Å². The molecule has 0 fully saturated rings. The molecule has 1 aromatic heterocycles. The fraction of sp³-hybridized carbons (Fsp3) is 0.281. The molecule has 10 heteroatoms. The van der Waals surface area contributed by atoms with E-state index in [4.69, 9.17) is 14.2 Å². The number of carbonyl (C=O) groups is 1. The highest BCUT2D eigenvalue weighted by Gasteiger charge is 2.26. The highest BCUT2D eigenvalue weighted by atomic mass is 16.5. The van der Waals surface area contributed by atoms with Crippen molar-refractivity contribution in [2.24, 2.45) is 0 Å². The van der Waals surface area contributed by atoms with Gasteiger partial charge in [0, 0.05) is 13.1 Å². The number of nitrogens with zero attached hydrogens (tertiary/aromatic N) is 3. The Hall–Kier alpha value is -4.67. The number of aliphatic hydroxyl groups is 2. The van der Waals surface area contributed by atoms with Crippen LogP contribution in [-0.4, -0.2) is 53.7 Å². The summed E-state index contributed by atoms with van der Waals surface area (Å²) in [6.07, 6.45) is 0.347. The lowest BCUT2D eigenvalue weighted by Gasteiger charge is -2.26. The van der Waals surface area contributed by atoms with E-state index in [1.165, 1.54) is 18.0 Å². The van der Waals surface area contributed by atoms with Crippen LogP contribution in [0.4, 0.5) is 5.82 Å². The van der Waals surface area contributed by atoms with Gasteiger partial charge in [0.2, 0.25) is 0 Å². The van der Waals surface area contributed by atoms with Crippen LogP contribution in [0.3, 0.4) is 0 Å². The van der Waals surface area contributed by atoms with Gasteiger partial charge in [0.05, 0.1) is 33.6 Å². The van der Waals surface area contributed by atoms with E-state index in [-0.39, 0.29) is 11.4 Å². The summed E-state index contributed by atoms with van der Waals surface area (Å²) < 4.78 is 17.0. The third kappa shape index (κ3) is 6.45. The van der Waals surface area contributed by atoms with E-state index in [9.17, 15) is 19.8 Å². The third-order valence-electron chi connectivity index (χ3n) is 7.02. The second-order valence-corrected chi connectivity index (χ2v) is 9.86. The smallest absolute Gasteiger partial charge is 0.347 e. The van der Waals surface area contributed by atoms with Crippen LogP contribution in [0.25, 0.3) is 5.69 Å². The van der Waals surface area contributed by atoms with Crippen molar-refractivity contribution in [3.63, 3.8) is 0 Å². The van der Waals surface area contributed by atoms with E-state index >= 15 is 0 Å². The van der Waals surface area contributed by atoms with Gasteiger partial charge in [-0.3, -0.25) is 9.36 Å². The summed E-state index contributed by atoms with van der Waals surface area (Å²) in [6, 6.07) is 18.4. The first-order valence-corrected chi connectivity index (χ1v) is 13.3. The minimum atomic E-state index is -1.05. The topological polar surface area (TPSA) is 123 Å². The molecule has 1 unspecified atom stereocenters. The van der Waals surface area contributed by atoms with Gasteiger partial charge < -0.3 is 29.3 Å². The Kier molecular flexibility index (Phi) is 9.61. The zero-order chi connectivity index (χ0) is 30.4. The largest absolute Gasteiger partial charge is 0.497 e. The first kappa shape index (κ1) is 30.3. The summed E-state index contributed by atoms with van der Waals surface area (Å²) in [5.41, 5.74) is 3.40. The van der Waals surface area contributed by atoms with E-state index in [1.807, 2.05) is 53.4 Å². The molecule has 0 bridgehead atoms. The van der Waals surface area contributed by atoms with Crippen LogP contribution in [0.2, 0.25) is 0 Å². The van der Waals surface area contributed by atoms with Crippen molar-refractivity contribution in [2.75, 3.05) is 32.8 Å². The number of esters is 1. The highest BCUT2D eigenvalue weighted by molar-refractivity contribution is 5.94. The minimum Gasteiger partial charge on any atom is -0.497 e. The maximum atomic E-state index is 14.0. The molecule has 0 saturated heterocycles. The van der Waals surface area contributed by atoms with E-state index in [0.29, 0.717) is 47.0 Å². The lowest BCUT2D eigenvalue weighted by molar-refractivity contribution is 0.0598. The van der Waals surface area contributed by atoms with Gasteiger partial charge in [-0.1, -0.05) is 36.4 Å². The molecule has 0 saturated carbocycles. The zero-order valence-electron chi connectivity index (χ0n) is 24.3. The molecule has 2 N–H and O–H groups in total. The predicted molar refractivity (Wildman–Crippen MR) is 159 cm³/mol. The number of benzene rings is 3. The molecule has 10 nitrogen and oxygen atoms in total. The average molecular weight is 574 g/mol. The van der Waals surface area contributed by atoms with Gasteiger partial charge in [-0.2, -0.15) is 0 Å². The van der Waals surface area contributed by atoms with Crippen molar-refractivity contribution in [3.8, 4) is 17.2 Å². The Morgan fingerprint density at radius 2 is 1.40 bits per heavy atom. The van der Waals surface area contributed by atoms with Gasteiger partial charge in [0.1, 0.15) is 23.9 Å². The standard InChI is InChI=1S/C32H35N3O7/c1-20-14-24(27(37)18-36)15-21(2)29(20)35-19-33-30(28(31(35)38)32(39)42-5)34(16-22-6-10-25(40-3)11-7-22)17-23-8-12-26(41-4)13-9-23/h6-15,19,27,36-37H,16-18H2,1-5H3. The number of aryl methyl sites for hydroxylation is 2. The Morgan fingerprint density at radius 1 is 0.905 bits per heavy atom. The minimum absolute atomic E-state index is 0.178. The number of hydrogen-bond acceptors (Lipinski definition) is 9. The molecule has 1 heterocycles. The Bertz CT molecular complexity index is 1530. The number of carbonyl (C=O) groups excluding carboxylic acids is 1. The highest BCUT2D eigenvalue weighted by Crippen LogP contribution is 2.27. The molecule has 0 aliphatic carbocycles. The Morgan fingerprint density at radius 3 is 1.83 bits per heavy atom. The molecule has 42 heavy (non-hydrogen) atoms. The van der Waals surface area contributed by atoms with E-state index < -0.39 is 24.2 Å². The van der Waals surface area contributed by atoms with E-state index in [0.717, 1.165) is 11.1 Å². The number of methoxy groups -OCH3 is 3. The Balaban J connectivity index is 1.86. The number of aromatic nitrogens is 2. The molecule has 220 valence electrons. The molecular weight excluding hydrogens is 538 g/mol. The summed E-state index contributed by atoms with van der Waals surface area (Å²) in [7, 11) is 4.42. The normalized spacial score (nSPS) is 11.6. The number of aliphatic hydroxyl groups excluding tert-OH is 2. The molecule has 0 aliphatic heterocycles. The van der Waals surface area contributed by atoms with Crippen molar-refractivity contribution in [1.82, 2.24) is 9.55 Å². The van der Waals surface area contributed by atoms with Gasteiger partial charge in [-0.05, 0) is 65.9 Å². The van der Waals surface area contributed by atoms with Crippen LogP contribution in [-0.2, 0) is 17.8 Å². The van der Waals surface area contributed by atoms with Crippen molar-refractivity contribution in [1.29, 1.82) is 0 Å². The van der Waals surface area contributed by atoms with Gasteiger partial charge >= 0.3 is 5.97 Å². The van der Waals surface area contributed by atoms with Gasteiger partial charge in [-0.15, -0.1) is 0 Å². The van der Waals surface area contributed by atoms with Crippen LogP contribution in [0.15, 0.2) is 71.8 Å². The molecule has 3 aromatic carbocycles. The monoisotopic (exact) mass is 573 g/mol. The maximum absolute atomic E-state index is 14.0. The molecule has 1 atom stereocenters. The molecule has 4 rings (SSSR count). The molecule has 4 aromatic rings. The molecule has 0 aliphatic rings. The molecular formula is C32H35N3O7. The summed E-state index contributed by atoms with van der Waals surface area (Å²) in [6.45, 7) is 3.81. The quantitative estimate of drug-likeness (QED) is 0.257. The second kappa shape index (κ2) is 13.3. The van der Waals surface area contributed by atoms with Crippen LogP contribution >= 0.6 is 0 Å². The maximum Gasteiger partial charge on any atom is 0.347 e. The van der Waals surface area contributed by atoms with Crippen molar-refractivity contribution < 1.29 is 29.2 Å². The fourth-order valence-corrected chi connectivity index (χ4v) is 4.90. The summed E-state index contributed by atoms with van der Waals surface area (Å²) in [5, 5.41) is 19.5. The first-order chi connectivity index (χ1) is 20.2. The molecule has 0 amide bonds. The summed E-state index contributed by atoms with van der Waals surface area (Å²) >= 11 is 0. The zero-order valence-corrected chi connectivity index (χ0v) is 24.3. The lowest BCUT2D eigenvalue weighted by atomic mass is 10.0. The van der Waals surface area contributed by atoms with Crippen LogP contribution in [0.5, 0.6) is 11.5 Å². The molecule has 0 spiro atoms. The predicted octanol–water partition coefficient (Wildman–Crippen LogP) is 3.89. The number of rotatable bonds is 11. The van der Waals surface area contributed by atoms with Gasteiger partial charge in [0.15, 0.2) is 11.4 Å². The van der Waals surface area contributed by atoms with Crippen molar-refractivity contribution in [3.05, 3.63) is 111 Å². The SMILES string of the molecule is COC(=O)c1c(N(Cc2ccc(OC)cc2)Cc2ccc(OC)cc2)ncn(-c2c(C)cc(C(O)CO)cc2C)c1=O. The number of anilines is 1. The average Bonchev–Trinajstić information content (AvgIpc) is 3.00. The summed E-state index contributed by atoms with van der Waals surface area (Å²) in [4.78, 5) is 33.7. The number of hydrogen-bond donors (Lipinski definition) is 2. The van der Waals surface area contributed by atoms with Crippen molar-refractivity contribution in [2.45, 2.75) is 33.0 Å². The third-order valence-corrected chi connectivity index (χ3v) is 7.02. The second-order valence-electron chi connectivity index (χ2n) is 9.86. The first-order valence-electron chi connectivity index (χ1n) is 13.3. The molecule has 0 radical (unpaired) electrons. The van der Waals surface area contributed by atoms with E-state index in [1.54, 1.807) is 40.2 Å². The van der Waals surface area contributed by atoms with Crippen LogP contribution < -0.4 is 19.9 Å². The summed E-state index contributed by atoms with van der Waals surface area (Å²) in [5.74, 6) is 0.783. The van der Waals surface area contributed by atoms with Crippen LogP contribution in [0.1, 0.15) is 44.3 Å². The van der Waals surface area contributed by atoms with Gasteiger partial charge in [-0.25, -0.2) is 9.78 Å². The van der Waals surface area contributed by atoms with Crippen molar-refractivity contribution >= 4 is 11.8 Å².